The molecule has 0 saturated carbocycles. The molecule has 28 heavy (non-hydrogen) atoms. The largest absolute Gasteiger partial charge is 0.416 e. The van der Waals surface area contributed by atoms with Crippen LogP contribution in [-0.2, 0) is 13.2 Å². The fraction of sp³-hybridized carbons (Fsp3) is 0.100. The molecule has 8 heteroatoms. The number of aromatic nitrogens is 2. The molecule has 4 aromatic rings. The van der Waals surface area contributed by atoms with Gasteiger partial charge in [-0.2, -0.15) is 18.3 Å². The summed E-state index contributed by atoms with van der Waals surface area (Å²) >= 11 is 1.33. The fourth-order valence-electron chi connectivity index (χ4n) is 2.92. The van der Waals surface area contributed by atoms with Crippen molar-refractivity contribution >= 4 is 33.6 Å². The predicted molar refractivity (Wildman–Crippen MR) is 107 cm³/mol. The van der Waals surface area contributed by atoms with Crippen molar-refractivity contribution < 1.29 is 13.2 Å². The minimum atomic E-state index is -4.34. The number of hydrogen-bond acceptors (Lipinski definition) is 4. The van der Waals surface area contributed by atoms with Crippen molar-refractivity contribution in [3.63, 3.8) is 0 Å². The highest BCUT2D eigenvalue weighted by Crippen LogP contribution is 2.31. The number of thiazole rings is 1. The number of nitrogens with one attached hydrogen (secondary N) is 1. The third-order valence-electron chi connectivity index (χ3n) is 4.30. The first-order valence-corrected chi connectivity index (χ1v) is 9.26. The van der Waals surface area contributed by atoms with Crippen LogP contribution in [0.2, 0.25) is 0 Å². The van der Waals surface area contributed by atoms with E-state index in [1.807, 2.05) is 42.1 Å². The number of benzene rings is 2. The van der Waals surface area contributed by atoms with Gasteiger partial charge in [-0.3, -0.25) is 5.43 Å². The van der Waals surface area contributed by atoms with Gasteiger partial charge in [0, 0.05) is 40.7 Å². The van der Waals surface area contributed by atoms with Gasteiger partial charge in [0.15, 0.2) is 0 Å². The Morgan fingerprint density at radius 1 is 1.11 bits per heavy atom. The number of hydrazone groups is 1. The average molecular weight is 400 g/mol. The summed E-state index contributed by atoms with van der Waals surface area (Å²) in [7, 11) is 1.98. The Labute approximate surface area is 163 Å². The quantitative estimate of drug-likeness (QED) is 0.349. The number of rotatable bonds is 4. The summed E-state index contributed by atoms with van der Waals surface area (Å²) in [5, 5.41) is 7.67. The van der Waals surface area contributed by atoms with Gasteiger partial charge in [-0.15, -0.1) is 11.3 Å². The molecule has 4 rings (SSSR count). The first-order chi connectivity index (χ1) is 13.4. The molecule has 0 spiro atoms. The molecule has 0 saturated heterocycles. The van der Waals surface area contributed by atoms with Gasteiger partial charge in [0.05, 0.1) is 17.5 Å². The molecule has 142 valence electrons. The van der Waals surface area contributed by atoms with Crippen LogP contribution in [0.1, 0.15) is 11.1 Å². The fourth-order valence-corrected chi connectivity index (χ4v) is 3.59. The Bertz CT molecular complexity index is 1140. The van der Waals surface area contributed by atoms with E-state index in [1.165, 1.54) is 23.5 Å². The highest BCUT2D eigenvalue weighted by Gasteiger charge is 2.30. The lowest BCUT2D eigenvalue weighted by molar-refractivity contribution is -0.137. The number of para-hydroxylation sites is 1. The summed E-state index contributed by atoms with van der Waals surface area (Å²) in [6.45, 7) is 0. The zero-order valence-corrected chi connectivity index (χ0v) is 15.6. The van der Waals surface area contributed by atoms with E-state index in [9.17, 15) is 13.2 Å². The smallest absolute Gasteiger partial charge is 0.350 e. The molecular formula is C20H15F3N4S. The summed E-state index contributed by atoms with van der Waals surface area (Å²) < 4.78 is 40.0. The molecule has 4 nitrogen and oxygen atoms in total. The lowest BCUT2D eigenvalue weighted by Gasteiger charge is -2.06. The van der Waals surface area contributed by atoms with E-state index in [-0.39, 0.29) is 0 Å². The van der Waals surface area contributed by atoms with Gasteiger partial charge in [-0.1, -0.05) is 30.3 Å². The number of alkyl halides is 3. The number of aryl methyl sites for hydroxylation is 1. The van der Waals surface area contributed by atoms with E-state index in [0.717, 1.165) is 28.6 Å². The molecule has 2 aromatic carbocycles. The first-order valence-electron chi connectivity index (χ1n) is 8.38. The second-order valence-corrected chi connectivity index (χ2v) is 7.05. The van der Waals surface area contributed by atoms with Crippen molar-refractivity contribution in [1.82, 2.24) is 9.55 Å². The van der Waals surface area contributed by atoms with Gasteiger partial charge in [0.25, 0.3) is 0 Å². The van der Waals surface area contributed by atoms with Crippen molar-refractivity contribution in [2.24, 2.45) is 12.1 Å². The van der Waals surface area contributed by atoms with E-state index in [2.05, 4.69) is 15.5 Å². The number of anilines is 1. The van der Waals surface area contributed by atoms with Gasteiger partial charge in [-0.25, -0.2) is 4.98 Å². The van der Waals surface area contributed by atoms with Crippen molar-refractivity contribution in [2.75, 3.05) is 5.43 Å². The van der Waals surface area contributed by atoms with Crippen molar-refractivity contribution in [3.05, 3.63) is 71.2 Å². The second-order valence-electron chi connectivity index (χ2n) is 6.20. The molecule has 0 bridgehead atoms. The van der Waals surface area contributed by atoms with Crippen molar-refractivity contribution in [3.8, 4) is 11.3 Å². The molecule has 2 heterocycles. The van der Waals surface area contributed by atoms with Crippen LogP contribution in [-0.4, -0.2) is 15.8 Å². The number of halogens is 3. The molecule has 2 aromatic heterocycles. The monoisotopic (exact) mass is 400 g/mol. The lowest BCUT2D eigenvalue weighted by atomic mass is 10.1. The first kappa shape index (κ1) is 18.2. The Balaban J connectivity index is 1.48. The summed E-state index contributed by atoms with van der Waals surface area (Å²) in [6.07, 6.45) is -0.628. The van der Waals surface area contributed by atoms with Gasteiger partial charge in [0.2, 0.25) is 5.13 Å². The number of fused-ring (bicyclic) bond motifs is 1. The molecule has 0 aliphatic heterocycles. The zero-order chi connectivity index (χ0) is 19.7. The van der Waals surface area contributed by atoms with Crippen LogP contribution in [0, 0.1) is 0 Å². The average Bonchev–Trinajstić information content (AvgIpc) is 3.27. The molecule has 0 radical (unpaired) electrons. The third-order valence-corrected chi connectivity index (χ3v) is 5.05. The van der Waals surface area contributed by atoms with Crippen LogP contribution < -0.4 is 5.43 Å². The maximum Gasteiger partial charge on any atom is 0.416 e. The highest BCUT2D eigenvalue weighted by molar-refractivity contribution is 7.14. The second kappa shape index (κ2) is 7.12. The number of nitrogens with zero attached hydrogens (tertiary/aromatic N) is 3. The van der Waals surface area contributed by atoms with Crippen LogP contribution >= 0.6 is 11.3 Å². The van der Waals surface area contributed by atoms with E-state index in [4.69, 9.17) is 0 Å². The molecule has 0 aliphatic rings. The van der Waals surface area contributed by atoms with Gasteiger partial charge >= 0.3 is 6.18 Å². The summed E-state index contributed by atoms with van der Waals surface area (Å²) in [6, 6.07) is 13.0. The standard InChI is InChI=1S/C20H15F3N4S/c1-27-11-14(16-4-2-3-5-18(16)27)10-24-26-19-25-17(12-28-19)13-6-8-15(9-7-13)20(21,22)23/h2-12H,1H3,(H,25,26)/b24-10+. The topological polar surface area (TPSA) is 42.2 Å². The molecule has 0 aliphatic carbocycles. The molecule has 1 N–H and O–H groups in total. The van der Waals surface area contributed by atoms with Gasteiger partial charge < -0.3 is 4.57 Å². The highest BCUT2D eigenvalue weighted by atomic mass is 32.1. The van der Waals surface area contributed by atoms with E-state index in [0.29, 0.717) is 16.4 Å². The summed E-state index contributed by atoms with van der Waals surface area (Å²) in [4.78, 5) is 4.38. The summed E-state index contributed by atoms with van der Waals surface area (Å²) in [5.41, 5.74) is 5.51. The number of hydrogen-bond donors (Lipinski definition) is 1. The minimum Gasteiger partial charge on any atom is -0.350 e. The van der Waals surface area contributed by atoms with Crippen molar-refractivity contribution in [1.29, 1.82) is 0 Å². The lowest BCUT2D eigenvalue weighted by Crippen LogP contribution is -2.03. The van der Waals surface area contributed by atoms with Gasteiger partial charge in [0.1, 0.15) is 0 Å². The zero-order valence-electron chi connectivity index (χ0n) is 14.7. The van der Waals surface area contributed by atoms with Crippen LogP contribution in [0.25, 0.3) is 22.2 Å². The Morgan fingerprint density at radius 3 is 2.61 bits per heavy atom. The molecule has 0 atom stereocenters. The van der Waals surface area contributed by atoms with Crippen LogP contribution in [0.3, 0.4) is 0 Å². The minimum absolute atomic E-state index is 0.561. The maximum atomic E-state index is 12.7. The van der Waals surface area contributed by atoms with Gasteiger partial charge in [-0.05, 0) is 18.2 Å². The SMILES string of the molecule is Cn1cc(/C=N/Nc2nc(-c3ccc(C(F)(F)F)cc3)cs2)c2ccccc21. The van der Waals surface area contributed by atoms with Crippen LogP contribution in [0.4, 0.5) is 18.3 Å². The molecule has 0 amide bonds. The molecular weight excluding hydrogens is 385 g/mol. The van der Waals surface area contributed by atoms with Crippen LogP contribution in [0.15, 0.2) is 65.2 Å². The Hall–Kier alpha value is -3.13. The van der Waals surface area contributed by atoms with Crippen molar-refractivity contribution in [2.45, 2.75) is 6.18 Å². The van der Waals surface area contributed by atoms with Crippen LogP contribution in [0.5, 0.6) is 0 Å². The van der Waals surface area contributed by atoms with E-state index < -0.39 is 11.7 Å². The normalized spacial score (nSPS) is 12.1. The third kappa shape index (κ3) is 3.63. The molecule has 0 fully saturated rings. The molecule has 0 unspecified atom stereocenters. The Morgan fingerprint density at radius 2 is 1.86 bits per heavy atom. The van der Waals surface area contributed by atoms with E-state index in [1.54, 1.807) is 11.6 Å². The Kier molecular flexibility index (Phi) is 4.64. The summed E-state index contributed by atoms with van der Waals surface area (Å²) in [5.74, 6) is 0. The predicted octanol–water partition coefficient (Wildman–Crippen LogP) is 5.77. The maximum absolute atomic E-state index is 12.7. The van der Waals surface area contributed by atoms with E-state index >= 15 is 0 Å².